The third-order valence-electron chi connectivity index (χ3n) is 3.43. The van der Waals surface area contributed by atoms with Crippen molar-refractivity contribution in [3.63, 3.8) is 0 Å². The van der Waals surface area contributed by atoms with E-state index in [0.29, 0.717) is 5.69 Å². The maximum Gasteiger partial charge on any atom is 0.231 e. The molecule has 0 bridgehead atoms. The van der Waals surface area contributed by atoms with Gasteiger partial charge in [0.15, 0.2) is 0 Å². The van der Waals surface area contributed by atoms with E-state index in [-0.39, 0.29) is 11.8 Å². The molecule has 2 aromatic rings. The van der Waals surface area contributed by atoms with E-state index in [2.05, 4.69) is 12.2 Å². The predicted octanol–water partition coefficient (Wildman–Crippen LogP) is 3.57. The van der Waals surface area contributed by atoms with Crippen molar-refractivity contribution in [1.82, 2.24) is 0 Å². The molecule has 0 aliphatic carbocycles. The number of carbonyl (C=O) groups is 1. The van der Waals surface area contributed by atoms with Crippen LogP contribution in [0.2, 0.25) is 0 Å². The van der Waals surface area contributed by atoms with Crippen LogP contribution in [-0.2, 0) is 11.2 Å². The maximum absolute atomic E-state index is 12.2. The van der Waals surface area contributed by atoms with E-state index in [9.17, 15) is 4.79 Å². The molecular formula is C17H20N2O. The minimum atomic E-state index is -0.232. The SMILES string of the molecule is CCc1ccc(NC(=O)C(C)c2cccc(N)c2)cc1. The van der Waals surface area contributed by atoms with Crippen molar-refractivity contribution in [3.8, 4) is 0 Å². The number of nitrogen functional groups attached to an aromatic ring is 1. The van der Waals surface area contributed by atoms with Crippen LogP contribution in [0, 0.1) is 0 Å². The zero-order valence-corrected chi connectivity index (χ0v) is 11.9. The largest absolute Gasteiger partial charge is 0.399 e. The van der Waals surface area contributed by atoms with Gasteiger partial charge in [-0.25, -0.2) is 0 Å². The Morgan fingerprint density at radius 1 is 1.20 bits per heavy atom. The van der Waals surface area contributed by atoms with E-state index in [1.807, 2.05) is 55.5 Å². The van der Waals surface area contributed by atoms with E-state index in [1.54, 1.807) is 0 Å². The molecule has 1 unspecified atom stereocenters. The number of nitrogens with two attached hydrogens (primary N) is 1. The lowest BCUT2D eigenvalue weighted by Gasteiger charge is -2.13. The first kappa shape index (κ1) is 14.1. The lowest BCUT2D eigenvalue weighted by atomic mass is 9.99. The number of benzene rings is 2. The molecule has 3 heteroatoms. The lowest BCUT2D eigenvalue weighted by Crippen LogP contribution is -2.18. The van der Waals surface area contributed by atoms with Gasteiger partial charge in [-0.2, -0.15) is 0 Å². The van der Waals surface area contributed by atoms with E-state index in [4.69, 9.17) is 5.73 Å². The Morgan fingerprint density at radius 3 is 2.50 bits per heavy atom. The molecule has 20 heavy (non-hydrogen) atoms. The van der Waals surface area contributed by atoms with Crippen molar-refractivity contribution in [1.29, 1.82) is 0 Å². The molecule has 0 heterocycles. The number of nitrogens with one attached hydrogen (secondary N) is 1. The van der Waals surface area contributed by atoms with Gasteiger partial charge in [0.1, 0.15) is 0 Å². The minimum Gasteiger partial charge on any atom is -0.399 e. The first-order valence-electron chi connectivity index (χ1n) is 6.85. The number of amides is 1. The molecule has 2 aromatic carbocycles. The molecule has 0 spiro atoms. The number of aryl methyl sites for hydroxylation is 1. The zero-order valence-electron chi connectivity index (χ0n) is 11.9. The Labute approximate surface area is 119 Å². The van der Waals surface area contributed by atoms with Gasteiger partial charge in [0.25, 0.3) is 0 Å². The molecule has 0 saturated carbocycles. The lowest BCUT2D eigenvalue weighted by molar-refractivity contribution is -0.117. The topological polar surface area (TPSA) is 55.1 Å². The molecule has 104 valence electrons. The summed E-state index contributed by atoms with van der Waals surface area (Å²) in [6, 6.07) is 15.4. The molecule has 1 atom stereocenters. The fourth-order valence-corrected chi connectivity index (χ4v) is 2.05. The van der Waals surface area contributed by atoms with Crippen molar-refractivity contribution in [2.24, 2.45) is 0 Å². The van der Waals surface area contributed by atoms with E-state index >= 15 is 0 Å². The van der Waals surface area contributed by atoms with Crippen LogP contribution in [0.15, 0.2) is 48.5 Å². The van der Waals surface area contributed by atoms with E-state index < -0.39 is 0 Å². The summed E-state index contributed by atoms with van der Waals surface area (Å²) in [5, 5.41) is 2.93. The van der Waals surface area contributed by atoms with Crippen LogP contribution < -0.4 is 11.1 Å². The summed E-state index contributed by atoms with van der Waals surface area (Å²) in [6.45, 7) is 3.99. The highest BCUT2D eigenvalue weighted by Gasteiger charge is 2.15. The van der Waals surface area contributed by atoms with Crippen LogP contribution in [0.25, 0.3) is 0 Å². The van der Waals surface area contributed by atoms with Gasteiger partial charge in [-0.1, -0.05) is 31.2 Å². The Morgan fingerprint density at radius 2 is 1.90 bits per heavy atom. The van der Waals surface area contributed by atoms with Gasteiger partial charge in [-0.3, -0.25) is 4.79 Å². The average Bonchev–Trinajstić information content (AvgIpc) is 2.47. The van der Waals surface area contributed by atoms with Crippen molar-refractivity contribution in [2.45, 2.75) is 26.2 Å². The highest BCUT2D eigenvalue weighted by Crippen LogP contribution is 2.20. The Hall–Kier alpha value is -2.29. The first-order chi connectivity index (χ1) is 9.60. The van der Waals surface area contributed by atoms with Crippen LogP contribution in [0.5, 0.6) is 0 Å². The van der Waals surface area contributed by atoms with Crippen LogP contribution in [0.3, 0.4) is 0 Å². The van der Waals surface area contributed by atoms with Crippen LogP contribution in [0.4, 0.5) is 11.4 Å². The van der Waals surface area contributed by atoms with Gasteiger partial charge >= 0.3 is 0 Å². The summed E-state index contributed by atoms with van der Waals surface area (Å²) in [6.07, 6.45) is 0.994. The maximum atomic E-state index is 12.2. The van der Waals surface area contributed by atoms with Gasteiger partial charge in [0.05, 0.1) is 5.92 Å². The van der Waals surface area contributed by atoms with Crippen LogP contribution >= 0.6 is 0 Å². The Balaban J connectivity index is 2.07. The van der Waals surface area contributed by atoms with E-state index in [0.717, 1.165) is 17.7 Å². The Kier molecular flexibility index (Phi) is 4.41. The first-order valence-corrected chi connectivity index (χ1v) is 6.85. The summed E-state index contributed by atoms with van der Waals surface area (Å²) in [4.78, 5) is 12.2. The zero-order chi connectivity index (χ0) is 14.5. The van der Waals surface area contributed by atoms with E-state index in [1.165, 1.54) is 5.56 Å². The van der Waals surface area contributed by atoms with Crippen LogP contribution in [-0.4, -0.2) is 5.91 Å². The van der Waals surface area contributed by atoms with Crippen molar-refractivity contribution in [3.05, 3.63) is 59.7 Å². The summed E-state index contributed by atoms with van der Waals surface area (Å²) >= 11 is 0. The minimum absolute atomic E-state index is 0.0279. The fourth-order valence-electron chi connectivity index (χ4n) is 2.05. The quantitative estimate of drug-likeness (QED) is 0.833. The fraction of sp³-hybridized carbons (Fsp3) is 0.235. The molecule has 0 saturated heterocycles. The standard InChI is InChI=1S/C17H20N2O/c1-3-13-7-9-16(10-8-13)19-17(20)12(2)14-5-4-6-15(18)11-14/h4-12H,3,18H2,1-2H3,(H,19,20). The highest BCUT2D eigenvalue weighted by atomic mass is 16.1. The van der Waals surface area contributed by atoms with Gasteiger partial charge in [0.2, 0.25) is 5.91 Å². The highest BCUT2D eigenvalue weighted by molar-refractivity contribution is 5.95. The molecule has 0 aliphatic heterocycles. The number of anilines is 2. The molecule has 1 amide bonds. The Bertz CT molecular complexity index is 590. The number of carbonyl (C=O) groups excluding carboxylic acids is 1. The molecule has 0 aliphatic rings. The molecule has 2 rings (SSSR count). The van der Waals surface area contributed by atoms with Crippen molar-refractivity contribution < 1.29 is 4.79 Å². The molecule has 0 fully saturated rings. The second kappa shape index (κ2) is 6.24. The third kappa shape index (κ3) is 3.38. The van der Waals surface area contributed by atoms with Gasteiger partial charge in [0, 0.05) is 11.4 Å². The summed E-state index contributed by atoms with van der Waals surface area (Å²) < 4.78 is 0. The number of rotatable bonds is 4. The van der Waals surface area contributed by atoms with Crippen LogP contribution in [0.1, 0.15) is 30.9 Å². The molecule has 3 nitrogen and oxygen atoms in total. The summed E-state index contributed by atoms with van der Waals surface area (Å²) in [5.74, 6) is -0.260. The summed E-state index contributed by atoms with van der Waals surface area (Å²) in [7, 11) is 0. The molecular weight excluding hydrogens is 248 g/mol. The average molecular weight is 268 g/mol. The van der Waals surface area contributed by atoms with Crippen molar-refractivity contribution >= 4 is 17.3 Å². The smallest absolute Gasteiger partial charge is 0.231 e. The second-order valence-electron chi connectivity index (χ2n) is 4.93. The predicted molar refractivity (Wildman–Crippen MR) is 83.7 cm³/mol. The third-order valence-corrected chi connectivity index (χ3v) is 3.43. The molecule has 0 aromatic heterocycles. The molecule has 0 radical (unpaired) electrons. The summed E-state index contributed by atoms with van der Waals surface area (Å²) in [5.41, 5.74) is 9.43. The molecule has 3 N–H and O–H groups in total. The van der Waals surface area contributed by atoms with Gasteiger partial charge in [-0.15, -0.1) is 0 Å². The normalized spacial score (nSPS) is 11.9. The van der Waals surface area contributed by atoms with Gasteiger partial charge < -0.3 is 11.1 Å². The number of hydrogen-bond donors (Lipinski definition) is 2. The second-order valence-corrected chi connectivity index (χ2v) is 4.93. The number of hydrogen-bond acceptors (Lipinski definition) is 2. The van der Waals surface area contributed by atoms with Crippen molar-refractivity contribution in [2.75, 3.05) is 11.1 Å². The van der Waals surface area contributed by atoms with Gasteiger partial charge in [-0.05, 0) is 48.7 Å². The monoisotopic (exact) mass is 268 g/mol.